The molecule has 130 valence electrons. The van der Waals surface area contributed by atoms with Crippen molar-refractivity contribution in [2.75, 3.05) is 32.8 Å². The van der Waals surface area contributed by atoms with Crippen molar-refractivity contribution in [3.8, 4) is 0 Å². The molecule has 0 saturated carbocycles. The Morgan fingerprint density at radius 2 is 1.75 bits per heavy atom. The van der Waals surface area contributed by atoms with Crippen LogP contribution in [0.1, 0.15) is 36.0 Å². The zero-order valence-corrected chi connectivity index (χ0v) is 14.0. The van der Waals surface area contributed by atoms with Crippen LogP contribution in [0.5, 0.6) is 0 Å². The average Bonchev–Trinajstić information content (AvgIpc) is 3.19. The smallest absolute Gasteiger partial charge is 0.254 e. The molecule has 1 aromatic carbocycles. The molecule has 3 heterocycles. The molecule has 3 fully saturated rings. The van der Waals surface area contributed by atoms with Gasteiger partial charge in [0.2, 0.25) is 0 Å². The maximum Gasteiger partial charge on any atom is 0.254 e. The lowest BCUT2D eigenvalue weighted by molar-refractivity contribution is 0.0502. The lowest BCUT2D eigenvalue weighted by Crippen LogP contribution is -2.41. The zero-order chi connectivity index (χ0) is 16.5. The Hall–Kier alpha value is -1.46. The van der Waals surface area contributed by atoms with Gasteiger partial charge in [0, 0.05) is 50.5 Å². The van der Waals surface area contributed by atoms with E-state index in [1.165, 1.54) is 12.1 Å². The molecule has 5 heteroatoms. The highest BCUT2D eigenvalue weighted by Gasteiger charge is 2.44. The van der Waals surface area contributed by atoms with Gasteiger partial charge in [0.05, 0.1) is 0 Å². The molecule has 0 N–H and O–H groups in total. The van der Waals surface area contributed by atoms with Gasteiger partial charge in [0.1, 0.15) is 5.82 Å². The highest BCUT2D eigenvalue weighted by atomic mass is 19.1. The number of carbonyl (C=O) groups excluding carboxylic acids is 1. The van der Waals surface area contributed by atoms with Crippen LogP contribution in [0.2, 0.25) is 0 Å². The molecule has 2 atom stereocenters. The van der Waals surface area contributed by atoms with E-state index in [4.69, 9.17) is 4.74 Å². The summed E-state index contributed by atoms with van der Waals surface area (Å²) in [5, 5.41) is 0. The van der Waals surface area contributed by atoms with Crippen molar-refractivity contribution in [2.45, 2.75) is 37.8 Å². The van der Waals surface area contributed by atoms with E-state index < -0.39 is 0 Å². The van der Waals surface area contributed by atoms with Crippen LogP contribution < -0.4 is 0 Å². The maximum atomic E-state index is 13.1. The fraction of sp³-hybridized carbons (Fsp3) is 0.632. The number of ether oxygens (including phenoxy) is 1. The van der Waals surface area contributed by atoms with Gasteiger partial charge in [0.25, 0.3) is 5.91 Å². The predicted molar refractivity (Wildman–Crippen MR) is 89.4 cm³/mol. The molecule has 3 aliphatic rings. The van der Waals surface area contributed by atoms with E-state index in [1.807, 2.05) is 4.90 Å². The summed E-state index contributed by atoms with van der Waals surface area (Å²) in [5.41, 5.74) is 0.597. The minimum Gasteiger partial charge on any atom is -0.381 e. The number of benzene rings is 1. The second kappa shape index (κ2) is 6.81. The average molecular weight is 332 g/mol. The van der Waals surface area contributed by atoms with Crippen molar-refractivity contribution in [3.63, 3.8) is 0 Å². The molecule has 4 nitrogen and oxygen atoms in total. The Kier molecular flexibility index (Phi) is 4.55. The summed E-state index contributed by atoms with van der Waals surface area (Å²) in [4.78, 5) is 17.4. The number of hydrogen-bond acceptors (Lipinski definition) is 3. The normalized spacial score (nSPS) is 28.3. The lowest BCUT2D eigenvalue weighted by Gasteiger charge is -2.30. The van der Waals surface area contributed by atoms with Gasteiger partial charge in [-0.15, -0.1) is 0 Å². The number of amides is 1. The van der Waals surface area contributed by atoms with Crippen molar-refractivity contribution in [3.05, 3.63) is 35.6 Å². The van der Waals surface area contributed by atoms with Crippen LogP contribution in [0.25, 0.3) is 0 Å². The molecule has 0 unspecified atom stereocenters. The van der Waals surface area contributed by atoms with E-state index in [0.717, 1.165) is 64.4 Å². The van der Waals surface area contributed by atoms with Crippen molar-refractivity contribution in [1.82, 2.24) is 9.80 Å². The molecule has 0 radical (unpaired) electrons. The monoisotopic (exact) mass is 332 g/mol. The van der Waals surface area contributed by atoms with Crippen molar-refractivity contribution in [1.29, 1.82) is 0 Å². The number of nitrogens with zero attached hydrogens (tertiary/aromatic N) is 2. The van der Waals surface area contributed by atoms with E-state index >= 15 is 0 Å². The van der Waals surface area contributed by atoms with Gasteiger partial charge < -0.3 is 9.64 Å². The molecule has 0 bridgehead atoms. The Morgan fingerprint density at radius 3 is 2.50 bits per heavy atom. The van der Waals surface area contributed by atoms with Gasteiger partial charge in [0.15, 0.2) is 0 Å². The van der Waals surface area contributed by atoms with E-state index in [2.05, 4.69) is 4.90 Å². The molecule has 3 saturated heterocycles. The van der Waals surface area contributed by atoms with Gasteiger partial charge in [-0.1, -0.05) is 0 Å². The minimum absolute atomic E-state index is 0.0513. The fourth-order valence-corrected chi connectivity index (χ4v) is 4.57. The third-order valence-electron chi connectivity index (χ3n) is 5.88. The number of fused-ring (bicyclic) bond motifs is 1. The number of likely N-dealkylation sites (tertiary alicyclic amines) is 2. The summed E-state index contributed by atoms with van der Waals surface area (Å²) >= 11 is 0. The first kappa shape index (κ1) is 16.0. The van der Waals surface area contributed by atoms with Gasteiger partial charge in [-0.25, -0.2) is 4.39 Å². The van der Waals surface area contributed by atoms with Gasteiger partial charge >= 0.3 is 0 Å². The summed E-state index contributed by atoms with van der Waals surface area (Å²) in [5.74, 6) is 0.490. The molecule has 3 aliphatic heterocycles. The van der Waals surface area contributed by atoms with Crippen LogP contribution in [0.15, 0.2) is 24.3 Å². The Morgan fingerprint density at radius 1 is 1.04 bits per heavy atom. The molecule has 4 rings (SSSR count). The molecular formula is C19H25FN2O2. The number of halogens is 1. The van der Waals surface area contributed by atoms with Crippen molar-refractivity contribution in [2.24, 2.45) is 5.92 Å². The van der Waals surface area contributed by atoms with Crippen LogP contribution >= 0.6 is 0 Å². The van der Waals surface area contributed by atoms with Gasteiger partial charge in [-0.3, -0.25) is 9.69 Å². The minimum atomic E-state index is -0.297. The second-order valence-corrected chi connectivity index (χ2v) is 7.27. The largest absolute Gasteiger partial charge is 0.381 e. The van der Waals surface area contributed by atoms with Crippen LogP contribution in [0.4, 0.5) is 4.39 Å². The Bertz CT molecular complexity index is 586. The van der Waals surface area contributed by atoms with Crippen molar-refractivity contribution >= 4 is 5.91 Å². The first-order valence-electron chi connectivity index (χ1n) is 9.11. The molecule has 0 aliphatic carbocycles. The van der Waals surface area contributed by atoms with Crippen LogP contribution in [-0.2, 0) is 4.74 Å². The standard InChI is InChI=1S/C19H25FN2O2/c20-16-3-1-15(2-4-16)19(23)22-10-6-17-18(22)5-9-21(17)13-14-7-11-24-12-8-14/h1-4,14,17-18H,5-13H2/t17-,18+/m1/s1. The zero-order valence-electron chi connectivity index (χ0n) is 14.0. The predicted octanol–water partition coefficient (Wildman–Crippen LogP) is 2.54. The number of carbonyl (C=O) groups is 1. The van der Waals surface area contributed by atoms with Gasteiger partial charge in [-0.2, -0.15) is 0 Å². The van der Waals surface area contributed by atoms with E-state index in [1.54, 1.807) is 12.1 Å². The third-order valence-corrected chi connectivity index (χ3v) is 5.88. The fourth-order valence-electron chi connectivity index (χ4n) is 4.57. The number of hydrogen-bond donors (Lipinski definition) is 0. The quantitative estimate of drug-likeness (QED) is 0.853. The molecule has 1 amide bonds. The SMILES string of the molecule is O=C(c1ccc(F)cc1)N1CC[C@@H]2[C@@H]1CCN2CC1CCOCC1. The Balaban J connectivity index is 1.40. The topological polar surface area (TPSA) is 32.8 Å². The lowest BCUT2D eigenvalue weighted by atomic mass is 9.99. The van der Waals surface area contributed by atoms with Crippen LogP contribution in [-0.4, -0.2) is 60.6 Å². The first-order valence-corrected chi connectivity index (χ1v) is 9.11. The summed E-state index contributed by atoms with van der Waals surface area (Å²) in [6, 6.07) is 6.75. The highest BCUT2D eigenvalue weighted by molar-refractivity contribution is 5.94. The van der Waals surface area contributed by atoms with E-state index in [0.29, 0.717) is 17.6 Å². The van der Waals surface area contributed by atoms with Crippen LogP contribution in [0.3, 0.4) is 0 Å². The summed E-state index contributed by atoms with van der Waals surface area (Å²) < 4.78 is 18.5. The highest BCUT2D eigenvalue weighted by Crippen LogP contribution is 2.34. The molecule has 0 spiro atoms. The van der Waals surface area contributed by atoms with Gasteiger partial charge in [-0.05, 0) is 55.9 Å². The molecule has 0 aromatic heterocycles. The summed E-state index contributed by atoms with van der Waals surface area (Å²) in [6.07, 6.45) is 4.43. The van der Waals surface area contributed by atoms with E-state index in [9.17, 15) is 9.18 Å². The molecule has 1 aromatic rings. The summed E-state index contributed by atoms with van der Waals surface area (Å²) in [6.45, 7) is 4.82. The van der Waals surface area contributed by atoms with Crippen molar-refractivity contribution < 1.29 is 13.9 Å². The first-order chi connectivity index (χ1) is 11.7. The second-order valence-electron chi connectivity index (χ2n) is 7.27. The summed E-state index contributed by atoms with van der Waals surface area (Å²) in [7, 11) is 0. The number of rotatable bonds is 3. The third kappa shape index (κ3) is 3.07. The van der Waals surface area contributed by atoms with E-state index in [-0.39, 0.29) is 11.7 Å². The molecular weight excluding hydrogens is 307 g/mol. The van der Waals surface area contributed by atoms with Crippen LogP contribution in [0, 0.1) is 11.7 Å². The molecule has 24 heavy (non-hydrogen) atoms. The maximum absolute atomic E-state index is 13.1. The Labute approximate surface area is 142 Å².